The molecule has 0 amide bonds. The molecule has 1 heterocycles. The van der Waals surface area contributed by atoms with Crippen LogP contribution in [0.15, 0.2) is 0 Å². The van der Waals surface area contributed by atoms with Crippen LogP contribution in [0.3, 0.4) is 0 Å². The summed E-state index contributed by atoms with van der Waals surface area (Å²) < 4.78 is 22.7. The third kappa shape index (κ3) is 5.84. The van der Waals surface area contributed by atoms with Crippen molar-refractivity contribution in [2.24, 2.45) is 0 Å². The fourth-order valence-corrected chi connectivity index (χ4v) is 3.16. The van der Waals surface area contributed by atoms with Crippen molar-refractivity contribution < 1.29 is 8.42 Å². The molecule has 1 aliphatic rings. The Balaban J connectivity index is 2.14. The Bertz CT molecular complexity index is 296. The van der Waals surface area contributed by atoms with Gasteiger partial charge in [-0.05, 0) is 45.4 Å². The molecule has 0 aromatic carbocycles. The first-order valence-electron chi connectivity index (χ1n) is 6.73. The summed E-state index contributed by atoms with van der Waals surface area (Å²) in [5.41, 5.74) is 0. The van der Waals surface area contributed by atoms with Gasteiger partial charge in [-0.25, -0.2) is 8.42 Å². The lowest BCUT2D eigenvalue weighted by atomic mass is 10.1. The molecule has 1 saturated heterocycles. The molecule has 1 fully saturated rings. The van der Waals surface area contributed by atoms with E-state index in [2.05, 4.69) is 17.1 Å². The van der Waals surface area contributed by atoms with E-state index in [4.69, 9.17) is 0 Å². The molecule has 102 valence electrons. The number of sulfone groups is 1. The van der Waals surface area contributed by atoms with Crippen molar-refractivity contribution in [3.8, 4) is 0 Å². The van der Waals surface area contributed by atoms with E-state index in [0.717, 1.165) is 32.6 Å². The fourth-order valence-electron chi connectivity index (χ4n) is 2.30. The first-order valence-corrected chi connectivity index (χ1v) is 8.55. The van der Waals surface area contributed by atoms with Crippen LogP contribution in [0.2, 0.25) is 0 Å². The topological polar surface area (TPSA) is 49.4 Å². The maximum absolute atomic E-state index is 11.3. The maximum atomic E-state index is 11.3. The van der Waals surface area contributed by atoms with Gasteiger partial charge in [0.15, 0.2) is 0 Å². The molecule has 1 rings (SSSR count). The predicted molar refractivity (Wildman–Crippen MR) is 72.1 cm³/mol. The van der Waals surface area contributed by atoms with Crippen LogP contribution in [-0.4, -0.2) is 57.0 Å². The molecular formula is C12H26N2O2S. The van der Waals surface area contributed by atoms with Gasteiger partial charge in [0.2, 0.25) is 0 Å². The minimum atomic E-state index is -2.78. The number of rotatable bonds is 7. The molecule has 1 aliphatic heterocycles. The maximum Gasteiger partial charge on any atom is 0.150 e. The number of nitrogens with zero attached hydrogens (tertiary/aromatic N) is 1. The van der Waals surface area contributed by atoms with Crippen molar-refractivity contribution in [3.05, 3.63) is 0 Å². The summed E-state index contributed by atoms with van der Waals surface area (Å²) in [6.07, 6.45) is 3.16. The Labute approximate surface area is 106 Å². The van der Waals surface area contributed by atoms with E-state index in [9.17, 15) is 8.42 Å². The average molecular weight is 262 g/mol. The Morgan fingerprint density at radius 1 is 1.24 bits per heavy atom. The van der Waals surface area contributed by atoms with Crippen LogP contribution >= 0.6 is 0 Å². The SMILES string of the molecule is CCNC1CCN(CCCS(=O)(=O)CC)CC1. The van der Waals surface area contributed by atoms with E-state index in [1.807, 2.05) is 0 Å². The van der Waals surface area contributed by atoms with E-state index in [1.54, 1.807) is 6.92 Å². The lowest BCUT2D eigenvalue weighted by Crippen LogP contribution is -2.42. The summed E-state index contributed by atoms with van der Waals surface area (Å²) in [5.74, 6) is 0.617. The summed E-state index contributed by atoms with van der Waals surface area (Å²) in [4.78, 5) is 2.39. The quantitative estimate of drug-likeness (QED) is 0.740. The van der Waals surface area contributed by atoms with E-state index in [-0.39, 0.29) is 5.75 Å². The van der Waals surface area contributed by atoms with Gasteiger partial charge in [0.25, 0.3) is 0 Å². The molecule has 4 nitrogen and oxygen atoms in total. The number of hydrogen-bond acceptors (Lipinski definition) is 4. The highest BCUT2D eigenvalue weighted by atomic mass is 32.2. The Hall–Kier alpha value is -0.130. The summed E-state index contributed by atoms with van der Waals surface area (Å²) in [7, 11) is -2.78. The largest absolute Gasteiger partial charge is 0.314 e. The third-order valence-electron chi connectivity index (χ3n) is 3.45. The van der Waals surface area contributed by atoms with Crippen LogP contribution in [0.5, 0.6) is 0 Å². The van der Waals surface area contributed by atoms with Crippen molar-refractivity contribution in [2.45, 2.75) is 39.2 Å². The van der Waals surface area contributed by atoms with E-state index >= 15 is 0 Å². The Kier molecular flexibility index (Phi) is 6.44. The zero-order valence-corrected chi connectivity index (χ0v) is 11.9. The van der Waals surface area contributed by atoms with Crippen LogP contribution in [0.4, 0.5) is 0 Å². The molecular weight excluding hydrogens is 236 g/mol. The molecule has 0 bridgehead atoms. The highest BCUT2D eigenvalue weighted by molar-refractivity contribution is 7.91. The number of likely N-dealkylation sites (tertiary alicyclic amines) is 1. The van der Waals surface area contributed by atoms with Gasteiger partial charge in [-0.2, -0.15) is 0 Å². The van der Waals surface area contributed by atoms with Crippen molar-refractivity contribution in [3.63, 3.8) is 0 Å². The highest BCUT2D eigenvalue weighted by Gasteiger charge is 2.18. The number of nitrogens with one attached hydrogen (secondary N) is 1. The van der Waals surface area contributed by atoms with Crippen LogP contribution < -0.4 is 5.32 Å². The third-order valence-corrected chi connectivity index (χ3v) is 5.24. The summed E-state index contributed by atoms with van der Waals surface area (Å²) >= 11 is 0. The second kappa shape index (κ2) is 7.34. The first-order chi connectivity index (χ1) is 8.07. The summed E-state index contributed by atoms with van der Waals surface area (Å²) in [6, 6.07) is 0.663. The molecule has 17 heavy (non-hydrogen) atoms. The second-order valence-electron chi connectivity index (χ2n) is 4.76. The minimum Gasteiger partial charge on any atom is -0.314 e. The smallest absolute Gasteiger partial charge is 0.150 e. The zero-order valence-electron chi connectivity index (χ0n) is 11.1. The molecule has 0 aromatic rings. The molecule has 0 saturated carbocycles. The predicted octanol–water partition coefficient (Wildman–Crippen LogP) is 0.885. The molecule has 5 heteroatoms. The van der Waals surface area contributed by atoms with Crippen LogP contribution in [0, 0.1) is 0 Å². The minimum absolute atomic E-state index is 0.273. The molecule has 0 aromatic heterocycles. The normalized spacial score (nSPS) is 19.6. The van der Waals surface area contributed by atoms with Crippen molar-refractivity contribution in [1.29, 1.82) is 0 Å². The molecule has 1 N–H and O–H groups in total. The molecule has 0 spiro atoms. The second-order valence-corrected chi connectivity index (χ2v) is 7.24. The zero-order chi connectivity index (χ0) is 12.7. The van der Waals surface area contributed by atoms with Crippen LogP contribution in [-0.2, 0) is 9.84 Å². The lowest BCUT2D eigenvalue weighted by molar-refractivity contribution is 0.199. The lowest BCUT2D eigenvalue weighted by Gasteiger charge is -2.32. The van der Waals surface area contributed by atoms with Gasteiger partial charge in [0.05, 0.1) is 5.75 Å². The number of hydrogen-bond donors (Lipinski definition) is 1. The van der Waals surface area contributed by atoms with Crippen molar-refractivity contribution in [2.75, 3.05) is 37.7 Å². The van der Waals surface area contributed by atoms with Gasteiger partial charge in [-0.15, -0.1) is 0 Å². The standard InChI is InChI=1S/C12H26N2O2S/c1-3-13-12-6-9-14(10-7-12)8-5-11-17(15,16)4-2/h12-13H,3-11H2,1-2H3. The Morgan fingerprint density at radius 2 is 1.88 bits per heavy atom. The van der Waals surface area contributed by atoms with E-state index < -0.39 is 9.84 Å². The van der Waals surface area contributed by atoms with Gasteiger partial charge in [-0.1, -0.05) is 13.8 Å². The van der Waals surface area contributed by atoms with Gasteiger partial charge < -0.3 is 10.2 Å². The van der Waals surface area contributed by atoms with E-state index in [1.165, 1.54) is 12.8 Å². The fraction of sp³-hybridized carbons (Fsp3) is 1.00. The molecule has 0 aliphatic carbocycles. The van der Waals surface area contributed by atoms with Crippen molar-refractivity contribution >= 4 is 9.84 Å². The first kappa shape index (κ1) is 14.9. The van der Waals surface area contributed by atoms with Gasteiger partial charge in [0.1, 0.15) is 9.84 Å². The van der Waals surface area contributed by atoms with Gasteiger partial charge in [-0.3, -0.25) is 0 Å². The van der Waals surface area contributed by atoms with Crippen molar-refractivity contribution in [1.82, 2.24) is 10.2 Å². The average Bonchev–Trinajstić information content (AvgIpc) is 2.32. The summed E-state index contributed by atoms with van der Waals surface area (Å²) in [6.45, 7) is 8.03. The van der Waals surface area contributed by atoms with Gasteiger partial charge in [0, 0.05) is 11.8 Å². The van der Waals surface area contributed by atoms with Crippen LogP contribution in [0.1, 0.15) is 33.1 Å². The van der Waals surface area contributed by atoms with Crippen LogP contribution in [0.25, 0.3) is 0 Å². The van der Waals surface area contributed by atoms with E-state index in [0.29, 0.717) is 11.8 Å². The molecule has 0 radical (unpaired) electrons. The monoisotopic (exact) mass is 262 g/mol. The van der Waals surface area contributed by atoms with Gasteiger partial charge >= 0.3 is 0 Å². The molecule has 0 unspecified atom stereocenters. The summed E-state index contributed by atoms with van der Waals surface area (Å²) in [5, 5.41) is 3.47. The Morgan fingerprint density at radius 3 is 2.41 bits per heavy atom. The highest BCUT2D eigenvalue weighted by Crippen LogP contribution is 2.10. The number of piperidine rings is 1. The molecule has 0 atom stereocenters.